The van der Waals surface area contributed by atoms with E-state index in [9.17, 15) is 8.42 Å². The molecule has 0 spiro atoms. The fourth-order valence-electron chi connectivity index (χ4n) is 2.10. The summed E-state index contributed by atoms with van der Waals surface area (Å²) in [6.07, 6.45) is 1.72. The van der Waals surface area contributed by atoms with Crippen molar-refractivity contribution in [2.45, 2.75) is 52.4 Å². The van der Waals surface area contributed by atoms with E-state index in [4.69, 9.17) is 0 Å². The molecule has 1 N–H and O–H groups in total. The molecule has 1 aromatic rings. The topological polar surface area (TPSA) is 58.5 Å². The van der Waals surface area contributed by atoms with Gasteiger partial charge < -0.3 is 0 Å². The highest BCUT2D eigenvalue weighted by Crippen LogP contribution is 2.13. The molecule has 1 rings (SSSR count). The number of benzene rings is 1. The molecule has 4 nitrogen and oxygen atoms in total. The van der Waals surface area contributed by atoms with Crippen molar-refractivity contribution in [3.05, 3.63) is 29.8 Å². The maximum Gasteiger partial charge on any atom is 0.276 e. The smallest absolute Gasteiger partial charge is 0.200 e. The van der Waals surface area contributed by atoms with Crippen molar-refractivity contribution in [2.75, 3.05) is 0 Å². The molecule has 0 saturated carbocycles. The first-order chi connectivity index (χ1) is 9.70. The third-order valence-corrected chi connectivity index (χ3v) is 4.16. The Morgan fingerprint density at radius 3 is 2.14 bits per heavy atom. The van der Waals surface area contributed by atoms with Crippen LogP contribution in [0.5, 0.6) is 0 Å². The molecule has 118 valence electrons. The van der Waals surface area contributed by atoms with Gasteiger partial charge in [-0.25, -0.2) is 4.83 Å². The van der Waals surface area contributed by atoms with E-state index in [-0.39, 0.29) is 4.90 Å². The number of nitrogens with one attached hydrogen (secondary N) is 1. The third kappa shape index (κ3) is 6.29. The Morgan fingerprint density at radius 2 is 1.67 bits per heavy atom. The maximum absolute atomic E-state index is 12.1. The maximum atomic E-state index is 12.1. The summed E-state index contributed by atoms with van der Waals surface area (Å²) < 4.78 is 24.3. The minimum atomic E-state index is -3.57. The van der Waals surface area contributed by atoms with Gasteiger partial charge in [0, 0.05) is 5.71 Å². The lowest BCUT2D eigenvalue weighted by Crippen LogP contribution is -2.20. The van der Waals surface area contributed by atoms with Crippen LogP contribution in [0.2, 0.25) is 0 Å². The summed E-state index contributed by atoms with van der Waals surface area (Å²) in [6, 6.07) is 6.99. The Hall–Kier alpha value is -1.36. The summed E-state index contributed by atoms with van der Waals surface area (Å²) >= 11 is 0. The van der Waals surface area contributed by atoms with Crippen molar-refractivity contribution in [1.82, 2.24) is 4.83 Å². The Kier molecular flexibility index (Phi) is 6.40. The lowest BCUT2D eigenvalue weighted by Gasteiger charge is -2.08. The molecule has 0 radical (unpaired) electrons. The average Bonchev–Trinajstić information content (AvgIpc) is 2.36. The molecule has 1 aromatic carbocycles. The second-order valence-electron chi connectivity index (χ2n) is 6.28. The Labute approximate surface area is 128 Å². The van der Waals surface area contributed by atoms with Gasteiger partial charge in [-0.1, -0.05) is 39.8 Å². The number of sulfonamides is 1. The van der Waals surface area contributed by atoms with Gasteiger partial charge in [-0.15, -0.1) is 0 Å². The fourth-order valence-corrected chi connectivity index (χ4v) is 2.98. The first-order valence-electron chi connectivity index (χ1n) is 7.34. The first kappa shape index (κ1) is 17.7. The molecule has 0 fully saturated rings. The minimum Gasteiger partial charge on any atom is -0.200 e. The van der Waals surface area contributed by atoms with Crippen LogP contribution in [0.4, 0.5) is 0 Å². The third-order valence-electron chi connectivity index (χ3n) is 2.94. The second kappa shape index (κ2) is 7.59. The molecule has 0 aliphatic rings. The second-order valence-corrected chi connectivity index (χ2v) is 7.94. The molecule has 0 aromatic heterocycles. The van der Waals surface area contributed by atoms with E-state index in [1.165, 1.54) is 0 Å². The molecule has 21 heavy (non-hydrogen) atoms. The summed E-state index contributed by atoms with van der Waals surface area (Å²) in [7, 11) is -3.57. The number of hydrogen-bond acceptors (Lipinski definition) is 3. The number of hydrogen-bond donors (Lipinski definition) is 1. The van der Waals surface area contributed by atoms with Crippen LogP contribution in [0, 0.1) is 11.8 Å². The molecule has 0 aliphatic heterocycles. The van der Waals surface area contributed by atoms with E-state index < -0.39 is 10.0 Å². The summed E-state index contributed by atoms with van der Waals surface area (Å²) in [5.74, 6) is 1.00. The van der Waals surface area contributed by atoms with Gasteiger partial charge in [0.2, 0.25) is 0 Å². The van der Waals surface area contributed by atoms with Gasteiger partial charge in [-0.05, 0) is 49.3 Å². The zero-order valence-electron chi connectivity index (χ0n) is 13.6. The standard InChI is InChI=1S/C16H26N2O2S/c1-12(2)10-14(5)17-18-21(19,20)16-8-6-15(7-9-16)11-13(3)4/h6-9,12-13,18H,10-11H2,1-5H3/b17-14+. The van der Waals surface area contributed by atoms with Crippen LogP contribution < -0.4 is 4.83 Å². The van der Waals surface area contributed by atoms with Crippen molar-refractivity contribution in [2.24, 2.45) is 16.9 Å². The highest BCUT2D eigenvalue weighted by molar-refractivity contribution is 7.89. The van der Waals surface area contributed by atoms with Crippen LogP contribution in [0.25, 0.3) is 0 Å². The van der Waals surface area contributed by atoms with Gasteiger partial charge >= 0.3 is 0 Å². The molecule has 0 aliphatic carbocycles. The van der Waals surface area contributed by atoms with Crippen molar-refractivity contribution in [3.8, 4) is 0 Å². The molecule has 0 heterocycles. The lowest BCUT2D eigenvalue weighted by molar-refractivity contribution is 0.583. The Bertz CT molecular complexity index is 573. The highest BCUT2D eigenvalue weighted by Gasteiger charge is 2.13. The van der Waals surface area contributed by atoms with Crippen LogP contribution in [-0.2, 0) is 16.4 Å². The summed E-state index contributed by atoms with van der Waals surface area (Å²) in [6.45, 7) is 10.2. The Morgan fingerprint density at radius 1 is 1.10 bits per heavy atom. The van der Waals surface area contributed by atoms with E-state index in [0.717, 1.165) is 24.1 Å². The van der Waals surface area contributed by atoms with E-state index in [1.54, 1.807) is 12.1 Å². The normalized spacial score (nSPS) is 13.0. The van der Waals surface area contributed by atoms with Crippen LogP contribution in [0.1, 0.15) is 46.6 Å². The average molecular weight is 310 g/mol. The van der Waals surface area contributed by atoms with Crippen LogP contribution in [-0.4, -0.2) is 14.1 Å². The van der Waals surface area contributed by atoms with Gasteiger partial charge in [0.25, 0.3) is 10.0 Å². The van der Waals surface area contributed by atoms with Gasteiger partial charge in [0.1, 0.15) is 0 Å². The highest BCUT2D eigenvalue weighted by atomic mass is 32.2. The summed E-state index contributed by atoms with van der Waals surface area (Å²) in [5.41, 5.74) is 1.92. The molecule has 0 amide bonds. The molecular weight excluding hydrogens is 284 g/mol. The van der Waals surface area contributed by atoms with Crippen LogP contribution in [0.15, 0.2) is 34.3 Å². The number of nitrogens with zero attached hydrogens (tertiary/aromatic N) is 1. The molecule has 5 heteroatoms. The van der Waals surface area contributed by atoms with E-state index >= 15 is 0 Å². The molecule has 0 saturated heterocycles. The molecule has 0 bridgehead atoms. The van der Waals surface area contributed by atoms with Crippen LogP contribution >= 0.6 is 0 Å². The molecule has 0 atom stereocenters. The SMILES string of the molecule is C/C(CC(C)C)=N\NS(=O)(=O)c1ccc(CC(C)C)cc1. The van der Waals surface area contributed by atoms with Gasteiger partial charge in [-0.3, -0.25) is 0 Å². The largest absolute Gasteiger partial charge is 0.276 e. The summed E-state index contributed by atoms with van der Waals surface area (Å²) in [5, 5.41) is 3.96. The zero-order chi connectivity index (χ0) is 16.0. The summed E-state index contributed by atoms with van der Waals surface area (Å²) in [4.78, 5) is 2.55. The van der Waals surface area contributed by atoms with Crippen molar-refractivity contribution < 1.29 is 8.42 Å². The van der Waals surface area contributed by atoms with E-state index in [1.807, 2.05) is 19.1 Å². The minimum absolute atomic E-state index is 0.246. The quantitative estimate of drug-likeness (QED) is 0.618. The van der Waals surface area contributed by atoms with Crippen molar-refractivity contribution in [1.29, 1.82) is 0 Å². The van der Waals surface area contributed by atoms with Gasteiger partial charge in [0.15, 0.2) is 0 Å². The molecule has 0 unspecified atom stereocenters. The van der Waals surface area contributed by atoms with Crippen molar-refractivity contribution in [3.63, 3.8) is 0 Å². The van der Waals surface area contributed by atoms with Gasteiger partial charge in [0.05, 0.1) is 4.90 Å². The predicted molar refractivity (Wildman–Crippen MR) is 87.9 cm³/mol. The first-order valence-corrected chi connectivity index (χ1v) is 8.83. The van der Waals surface area contributed by atoms with E-state index in [2.05, 4.69) is 37.6 Å². The zero-order valence-corrected chi connectivity index (χ0v) is 14.4. The number of hydrazone groups is 1. The lowest BCUT2D eigenvalue weighted by atomic mass is 10.0. The monoisotopic (exact) mass is 310 g/mol. The molecular formula is C16H26N2O2S. The van der Waals surface area contributed by atoms with Crippen molar-refractivity contribution >= 4 is 15.7 Å². The Balaban J connectivity index is 2.79. The van der Waals surface area contributed by atoms with Gasteiger partial charge in [-0.2, -0.15) is 13.5 Å². The predicted octanol–water partition coefficient (Wildman–Crippen LogP) is 3.59. The van der Waals surface area contributed by atoms with E-state index in [0.29, 0.717) is 11.8 Å². The van der Waals surface area contributed by atoms with Crippen LogP contribution in [0.3, 0.4) is 0 Å². The fraction of sp³-hybridized carbons (Fsp3) is 0.562. The number of rotatable bonds is 7.